The highest BCUT2D eigenvalue weighted by Crippen LogP contribution is 2.30. The van der Waals surface area contributed by atoms with Gasteiger partial charge in [0.05, 0.1) is 18.8 Å². The number of benzene rings is 1. The first-order valence-corrected chi connectivity index (χ1v) is 6.77. The van der Waals surface area contributed by atoms with Crippen LogP contribution in [0.15, 0.2) is 24.3 Å². The quantitative estimate of drug-likeness (QED) is 0.811. The molecule has 0 spiro atoms. The summed E-state index contributed by atoms with van der Waals surface area (Å²) in [5.74, 6) is 0. The molecular formula is C15H23NO2. The van der Waals surface area contributed by atoms with Crippen LogP contribution in [0.1, 0.15) is 37.4 Å². The van der Waals surface area contributed by atoms with Crippen molar-refractivity contribution in [3.05, 3.63) is 35.4 Å². The smallest absolute Gasteiger partial charge is 0.0898 e. The Morgan fingerprint density at radius 3 is 2.94 bits per heavy atom. The fourth-order valence-corrected chi connectivity index (χ4v) is 2.41. The van der Waals surface area contributed by atoms with Crippen LogP contribution in [0.2, 0.25) is 0 Å². The molecule has 1 aromatic rings. The van der Waals surface area contributed by atoms with Crippen LogP contribution in [0.25, 0.3) is 0 Å². The molecule has 2 rings (SSSR count). The summed E-state index contributed by atoms with van der Waals surface area (Å²) in [5, 5.41) is 13.3. The standard InChI is InChI=1S/C15H23NO2/c1-11(2)18-10-13(17)9-16-15-8-7-12-5-3-4-6-14(12)15/h3-6,11,13,15-17H,7-10H2,1-2H3. The molecule has 0 heterocycles. The van der Waals surface area contributed by atoms with Crippen molar-refractivity contribution in [1.29, 1.82) is 0 Å². The van der Waals surface area contributed by atoms with Gasteiger partial charge in [0.2, 0.25) is 0 Å². The molecule has 0 fully saturated rings. The third-order valence-electron chi connectivity index (χ3n) is 3.35. The normalized spacial score (nSPS) is 20.1. The molecule has 3 nitrogen and oxygen atoms in total. The summed E-state index contributed by atoms with van der Waals surface area (Å²) in [4.78, 5) is 0. The van der Waals surface area contributed by atoms with Gasteiger partial charge in [0.25, 0.3) is 0 Å². The van der Waals surface area contributed by atoms with E-state index in [0.29, 0.717) is 19.2 Å². The minimum Gasteiger partial charge on any atom is -0.389 e. The van der Waals surface area contributed by atoms with Crippen molar-refractivity contribution in [2.45, 2.75) is 44.9 Å². The molecule has 100 valence electrons. The summed E-state index contributed by atoms with van der Waals surface area (Å²) in [7, 11) is 0. The molecule has 1 aliphatic rings. The van der Waals surface area contributed by atoms with Crippen LogP contribution in [0, 0.1) is 0 Å². The van der Waals surface area contributed by atoms with Gasteiger partial charge in [-0.25, -0.2) is 0 Å². The highest BCUT2D eigenvalue weighted by molar-refractivity contribution is 5.34. The number of aliphatic hydroxyl groups is 1. The van der Waals surface area contributed by atoms with E-state index < -0.39 is 6.10 Å². The Morgan fingerprint density at radius 1 is 1.39 bits per heavy atom. The first kappa shape index (κ1) is 13.5. The van der Waals surface area contributed by atoms with E-state index in [-0.39, 0.29) is 6.10 Å². The molecule has 2 unspecified atom stereocenters. The number of ether oxygens (including phenoxy) is 1. The number of hydrogen-bond acceptors (Lipinski definition) is 3. The van der Waals surface area contributed by atoms with Crippen LogP contribution in [0.5, 0.6) is 0 Å². The molecule has 0 saturated carbocycles. The van der Waals surface area contributed by atoms with Crippen molar-refractivity contribution in [3.8, 4) is 0 Å². The average Bonchev–Trinajstić information content (AvgIpc) is 2.77. The van der Waals surface area contributed by atoms with Crippen LogP contribution < -0.4 is 5.32 Å². The SMILES string of the molecule is CC(C)OCC(O)CNC1CCc2ccccc21. The van der Waals surface area contributed by atoms with E-state index in [2.05, 4.69) is 29.6 Å². The lowest BCUT2D eigenvalue weighted by Gasteiger charge is -2.18. The monoisotopic (exact) mass is 249 g/mol. The van der Waals surface area contributed by atoms with E-state index in [1.54, 1.807) is 0 Å². The molecule has 0 bridgehead atoms. The maximum atomic E-state index is 9.82. The summed E-state index contributed by atoms with van der Waals surface area (Å²) in [5.41, 5.74) is 2.82. The maximum absolute atomic E-state index is 9.82. The summed E-state index contributed by atoms with van der Waals surface area (Å²) < 4.78 is 5.40. The number of rotatable bonds is 6. The lowest BCUT2D eigenvalue weighted by atomic mass is 10.1. The highest BCUT2D eigenvalue weighted by atomic mass is 16.5. The van der Waals surface area contributed by atoms with Crippen LogP contribution in [-0.2, 0) is 11.2 Å². The van der Waals surface area contributed by atoms with Crippen molar-refractivity contribution >= 4 is 0 Å². The van der Waals surface area contributed by atoms with Crippen molar-refractivity contribution in [3.63, 3.8) is 0 Å². The summed E-state index contributed by atoms with van der Waals surface area (Å²) in [6, 6.07) is 8.92. The van der Waals surface area contributed by atoms with Crippen LogP contribution in [0.4, 0.5) is 0 Å². The maximum Gasteiger partial charge on any atom is 0.0898 e. The number of nitrogens with one attached hydrogen (secondary N) is 1. The van der Waals surface area contributed by atoms with Gasteiger partial charge in [-0.3, -0.25) is 0 Å². The van der Waals surface area contributed by atoms with E-state index in [4.69, 9.17) is 4.74 Å². The minimum absolute atomic E-state index is 0.173. The van der Waals surface area contributed by atoms with E-state index in [1.807, 2.05) is 13.8 Å². The second-order valence-electron chi connectivity index (χ2n) is 5.23. The van der Waals surface area contributed by atoms with Gasteiger partial charge in [0, 0.05) is 12.6 Å². The molecule has 1 aliphatic carbocycles. The molecule has 2 atom stereocenters. The van der Waals surface area contributed by atoms with Crippen molar-refractivity contribution in [2.75, 3.05) is 13.2 Å². The molecule has 0 aromatic heterocycles. The molecule has 3 heteroatoms. The topological polar surface area (TPSA) is 41.5 Å². The van der Waals surface area contributed by atoms with E-state index in [9.17, 15) is 5.11 Å². The first-order chi connectivity index (χ1) is 8.66. The zero-order valence-corrected chi connectivity index (χ0v) is 11.2. The van der Waals surface area contributed by atoms with E-state index >= 15 is 0 Å². The van der Waals surface area contributed by atoms with Gasteiger partial charge in [-0.1, -0.05) is 24.3 Å². The van der Waals surface area contributed by atoms with Gasteiger partial charge >= 0.3 is 0 Å². The molecule has 1 aromatic carbocycles. The van der Waals surface area contributed by atoms with Crippen LogP contribution in [-0.4, -0.2) is 30.5 Å². The first-order valence-electron chi connectivity index (χ1n) is 6.77. The number of fused-ring (bicyclic) bond motifs is 1. The Balaban J connectivity index is 1.78. The molecule has 18 heavy (non-hydrogen) atoms. The van der Waals surface area contributed by atoms with Crippen LogP contribution >= 0.6 is 0 Å². The summed E-state index contributed by atoms with van der Waals surface area (Å²) >= 11 is 0. The molecule has 0 saturated heterocycles. The fraction of sp³-hybridized carbons (Fsp3) is 0.600. The summed E-state index contributed by atoms with van der Waals surface area (Å²) in [6.07, 6.45) is 2.00. The molecular weight excluding hydrogens is 226 g/mol. The Hall–Kier alpha value is -0.900. The average molecular weight is 249 g/mol. The number of aryl methyl sites for hydroxylation is 1. The second kappa shape index (κ2) is 6.32. The van der Waals surface area contributed by atoms with Gasteiger partial charge in [0.1, 0.15) is 0 Å². The number of aliphatic hydroxyl groups excluding tert-OH is 1. The van der Waals surface area contributed by atoms with Gasteiger partial charge < -0.3 is 15.2 Å². The van der Waals surface area contributed by atoms with E-state index in [0.717, 1.165) is 12.8 Å². The van der Waals surface area contributed by atoms with Gasteiger partial charge in [-0.15, -0.1) is 0 Å². The molecule has 2 N–H and O–H groups in total. The van der Waals surface area contributed by atoms with E-state index in [1.165, 1.54) is 11.1 Å². The Kier molecular flexibility index (Phi) is 4.75. The van der Waals surface area contributed by atoms with Crippen molar-refractivity contribution < 1.29 is 9.84 Å². The predicted molar refractivity (Wildman–Crippen MR) is 72.6 cm³/mol. The zero-order chi connectivity index (χ0) is 13.0. The third-order valence-corrected chi connectivity index (χ3v) is 3.35. The Bertz CT molecular complexity index is 379. The summed E-state index contributed by atoms with van der Waals surface area (Å²) in [6.45, 7) is 4.95. The Labute approximate surface area is 109 Å². The van der Waals surface area contributed by atoms with Crippen molar-refractivity contribution in [2.24, 2.45) is 0 Å². The zero-order valence-electron chi connectivity index (χ0n) is 11.2. The molecule has 0 aliphatic heterocycles. The lowest BCUT2D eigenvalue weighted by molar-refractivity contribution is 0.00544. The molecule has 0 amide bonds. The van der Waals surface area contributed by atoms with Gasteiger partial charge in [0.15, 0.2) is 0 Å². The van der Waals surface area contributed by atoms with Crippen molar-refractivity contribution in [1.82, 2.24) is 5.32 Å². The fourth-order valence-electron chi connectivity index (χ4n) is 2.41. The third kappa shape index (κ3) is 3.55. The lowest BCUT2D eigenvalue weighted by Crippen LogP contribution is -2.33. The molecule has 0 radical (unpaired) electrons. The number of hydrogen-bond donors (Lipinski definition) is 2. The predicted octanol–water partition coefficient (Wildman–Crippen LogP) is 2.05. The second-order valence-corrected chi connectivity index (χ2v) is 5.23. The van der Waals surface area contributed by atoms with Gasteiger partial charge in [-0.05, 0) is 37.8 Å². The minimum atomic E-state index is -0.430. The van der Waals surface area contributed by atoms with Crippen LogP contribution in [0.3, 0.4) is 0 Å². The largest absolute Gasteiger partial charge is 0.389 e. The Morgan fingerprint density at radius 2 is 2.17 bits per heavy atom. The van der Waals surface area contributed by atoms with Gasteiger partial charge in [-0.2, -0.15) is 0 Å². The highest BCUT2D eigenvalue weighted by Gasteiger charge is 2.21.